The lowest BCUT2D eigenvalue weighted by Crippen LogP contribution is -2.07. The molecule has 0 atom stereocenters. The van der Waals surface area contributed by atoms with Gasteiger partial charge in [-0.15, -0.1) is 0 Å². The van der Waals surface area contributed by atoms with E-state index >= 15 is 0 Å². The van der Waals surface area contributed by atoms with Crippen molar-refractivity contribution in [2.75, 3.05) is 11.9 Å². The minimum absolute atomic E-state index is 0.0673. The number of sulfone groups is 1. The van der Waals surface area contributed by atoms with Crippen LogP contribution < -0.4 is 10.1 Å². The number of halogens is 1. The Bertz CT molecular complexity index is 1300. The molecule has 0 saturated carbocycles. The normalized spacial score (nSPS) is 11.3. The minimum Gasteiger partial charge on any atom is -0.494 e. The topological polar surface area (TPSA) is 81.4 Å². The van der Waals surface area contributed by atoms with Crippen LogP contribution in [0, 0.1) is 0 Å². The molecule has 1 heterocycles. The number of hydrogen-bond donors (Lipinski definition) is 1. The number of nitrogens with one attached hydrogen (secondary N) is 1. The molecule has 32 heavy (non-hydrogen) atoms. The SMILES string of the molecule is CCOc1ccc(S(=O)(=O)c2nc(-c3cccc(Cl)c3)oc2NCc2ccccc2)cc1. The van der Waals surface area contributed by atoms with Gasteiger partial charge in [0, 0.05) is 17.1 Å². The number of anilines is 1. The van der Waals surface area contributed by atoms with E-state index in [1.807, 2.05) is 37.3 Å². The van der Waals surface area contributed by atoms with Crippen LogP contribution in [0.5, 0.6) is 5.75 Å². The van der Waals surface area contributed by atoms with Crippen LogP contribution in [0.2, 0.25) is 5.02 Å². The summed E-state index contributed by atoms with van der Waals surface area (Å²) in [5.41, 5.74) is 1.55. The molecule has 0 aliphatic heterocycles. The molecule has 0 fully saturated rings. The second-order valence-corrected chi connectivity index (χ2v) is 9.21. The molecule has 0 amide bonds. The van der Waals surface area contributed by atoms with Crippen LogP contribution in [0.4, 0.5) is 5.88 Å². The van der Waals surface area contributed by atoms with Crippen LogP contribution in [0.1, 0.15) is 12.5 Å². The highest BCUT2D eigenvalue weighted by Gasteiger charge is 2.28. The molecule has 0 aliphatic carbocycles. The van der Waals surface area contributed by atoms with Gasteiger partial charge in [-0.05, 0) is 55.0 Å². The Morgan fingerprint density at radius 1 is 1.00 bits per heavy atom. The standard InChI is InChI=1S/C24H21ClN2O4S/c1-2-30-20-11-13-21(14-12-20)32(28,29)24-23(26-16-17-7-4-3-5-8-17)31-22(27-24)18-9-6-10-19(25)15-18/h3-15,26H,2,16H2,1H3. The molecule has 0 saturated heterocycles. The van der Waals surface area contributed by atoms with Crippen LogP contribution in [0.25, 0.3) is 11.5 Å². The summed E-state index contributed by atoms with van der Waals surface area (Å²) in [6.07, 6.45) is 0. The van der Waals surface area contributed by atoms with E-state index < -0.39 is 9.84 Å². The maximum atomic E-state index is 13.4. The molecule has 3 aromatic carbocycles. The highest BCUT2D eigenvalue weighted by atomic mass is 35.5. The van der Waals surface area contributed by atoms with Crippen LogP contribution >= 0.6 is 11.6 Å². The summed E-state index contributed by atoms with van der Waals surface area (Å²) in [4.78, 5) is 4.43. The van der Waals surface area contributed by atoms with Gasteiger partial charge in [-0.3, -0.25) is 0 Å². The zero-order valence-corrected chi connectivity index (χ0v) is 18.9. The summed E-state index contributed by atoms with van der Waals surface area (Å²) < 4.78 is 38.1. The van der Waals surface area contributed by atoms with E-state index in [1.54, 1.807) is 36.4 Å². The van der Waals surface area contributed by atoms with E-state index in [-0.39, 0.29) is 21.7 Å². The Balaban J connectivity index is 1.74. The number of nitrogens with zero attached hydrogens (tertiary/aromatic N) is 1. The molecule has 0 radical (unpaired) electrons. The predicted octanol–water partition coefficient (Wildman–Crippen LogP) is 5.84. The smallest absolute Gasteiger partial charge is 0.234 e. The van der Waals surface area contributed by atoms with E-state index in [4.69, 9.17) is 20.8 Å². The largest absolute Gasteiger partial charge is 0.494 e. The van der Waals surface area contributed by atoms with Gasteiger partial charge in [0.25, 0.3) is 0 Å². The second-order valence-electron chi connectivity index (χ2n) is 6.91. The summed E-state index contributed by atoms with van der Waals surface area (Å²) in [5, 5.41) is 3.38. The first-order valence-corrected chi connectivity index (χ1v) is 11.9. The lowest BCUT2D eigenvalue weighted by atomic mass is 10.2. The number of rotatable bonds is 8. The number of hydrogen-bond acceptors (Lipinski definition) is 6. The van der Waals surface area contributed by atoms with Crippen molar-refractivity contribution >= 4 is 27.3 Å². The Hall–Kier alpha value is -3.29. The molecule has 4 aromatic rings. The maximum absolute atomic E-state index is 13.4. The Morgan fingerprint density at radius 3 is 2.44 bits per heavy atom. The van der Waals surface area contributed by atoms with Gasteiger partial charge in [0.1, 0.15) is 5.75 Å². The Labute approximate surface area is 191 Å². The van der Waals surface area contributed by atoms with Gasteiger partial charge in [-0.25, -0.2) is 8.42 Å². The van der Waals surface area contributed by atoms with E-state index in [1.165, 1.54) is 12.1 Å². The van der Waals surface area contributed by atoms with E-state index in [9.17, 15) is 8.42 Å². The van der Waals surface area contributed by atoms with E-state index in [0.29, 0.717) is 29.5 Å². The quantitative estimate of drug-likeness (QED) is 0.350. The van der Waals surface area contributed by atoms with Crippen LogP contribution in [-0.2, 0) is 16.4 Å². The monoisotopic (exact) mass is 468 g/mol. The van der Waals surface area contributed by atoms with Gasteiger partial charge >= 0.3 is 0 Å². The molecule has 4 rings (SSSR count). The number of ether oxygens (including phenoxy) is 1. The van der Waals surface area contributed by atoms with Crippen molar-refractivity contribution < 1.29 is 17.6 Å². The van der Waals surface area contributed by atoms with Gasteiger partial charge in [-0.1, -0.05) is 48.0 Å². The fourth-order valence-electron chi connectivity index (χ4n) is 3.12. The molecule has 0 aliphatic rings. The number of aromatic nitrogens is 1. The summed E-state index contributed by atoms with van der Waals surface area (Å²) in [6.45, 7) is 2.73. The van der Waals surface area contributed by atoms with Crippen molar-refractivity contribution in [3.63, 3.8) is 0 Å². The van der Waals surface area contributed by atoms with Gasteiger partial charge in [-0.2, -0.15) is 4.98 Å². The zero-order chi connectivity index (χ0) is 22.6. The molecule has 6 nitrogen and oxygen atoms in total. The fourth-order valence-corrected chi connectivity index (χ4v) is 4.59. The molecule has 8 heteroatoms. The van der Waals surface area contributed by atoms with Crippen LogP contribution in [0.3, 0.4) is 0 Å². The van der Waals surface area contributed by atoms with Gasteiger partial charge in [0.15, 0.2) is 0 Å². The zero-order valence-electron chi connectivity index (χ0n) is 17.3. The average molecular weight is 469 g/mol. The lowest BCUT2D eigenvalue weighted by molar-refractivity contribution is 0.340. The third-order valence-corrected chi connectivity index (χ3v) is 6.58. The molecular weight excluding hydrogens is 448 g/mol. The van der Waals surface area contributed by atoms with Crippen molar-refractivity contribution in [2.24, 2.45) is 0 Å². The third kappa shape index (κ3) is 4.79. The van der Waals surface area contributed by atoms with E-state index in [2.05, 4.69) is 10.3 Å². The Kier molecular flexibility index (Phi) is 6.48. The highest BCUT2D eigenvalue weighted by Crippen LogP contribution is 2.33. The first kappa shape index (κ1) is 21.9. The maximum Gasteiger partial charge on any atom is 0.234 e. The van der Waals surface area contributed by atoms with Gasteiger partial charge < -0.3 is 14.5 Å². The third-order valence-electron chi connectivity index (χ3n) is 4.66. The first-order chi connectivity index (χ1) is 15.5. The lowest BCUT2D eigenvalue weighted by Gasteiger charge is -2.07. The van der Waals surface area contributed by atoms with Crippen molar-refractivity contribution in [2.45, 2.75) is 23.4 Å². The van der Waals surface area contributed by atoms with Crippen molar-refractivity contribution in [3.05, 3.63) is 89.4 Å². The van der Waals surface area contributed by atoms with Crippen LogP contribution in [-0.4, -0.2) is 20.0 Å². The fraction of sp³-hybridized carbons (Fsp3) is 0.125. The highest BCUT2D eigenvalue weighted by molar-refractivity contribution is 7.91. The molecule has 1 aromatic heterocycles. The van der Waals surface area contributed by atoms with Gasteiger partial charge in [0.2, 0.25) is 26.6 Å². The van der Waals surface area contributed by atoms with E-state index in [0.717, 1.165) is 5.56 Å². The van der Waals surface area contributed by atoms with Gasteiger partial charge in [0.05, 0.1) is 11.5 Å². The summed E-state index contributed by atoms with van der Waals surface area (Å²) in [5.74, 6) is 0.818. The molecule has 1 N–H and O–H groups in total. The van der Waals surface area contributed by atoms with Crippen molar-refractivity contribution in [1.82, 2.24) is 4.98 Å². The Morgan fingerprint density at radius 2 is 1.75 bits per heavy atom. The number of oxazole rings is 1. The summed E-state index contributed by atoms with van der Waals surface area (Å²) in [7, 11) is -3.96. The number of benzene rings is 3. The molecule has 164 valence electrons. The molecular formula is C24H21ClN2O4S. The molecule has 0 bridgehead atoms. The van der Waals surface area contributed by atoms with Crippen molar-refractivity contribution in [3.8, 4) is 17.2 Å². The van der Waals surface area contributed by atoms with Crippen molar-refractivity contribution in [1.29, 1.82) is 0 Å². The average Bonchev–Trinajstić information content (AvgIpc) is 3.24. The molecule has 0 unspecified atom stereocenters. The minimum atomic E-state index is -3.96. The summed E-state index contributed by atoms with van der Waals surface area (Å²) >= 11 is 6.09. The first-order valence-electron chi connectivity index (χ1n) is 10.00. The molecule has 0 spiro atoms. The predicted molar refractivity (Wildman–Crippen MR) is 124 cm³/mol. The summed E-state index contributed by atoms with van der Waals surface area (Å²) in [6, 6.07) is 22.7. The van der Waals surface area contributed by atoms with Crippen LogP contribution in [0.15, 0.2) is 93.2 Å². The second kappa shape index (κ2) is 9.46.